The van der Waals surface area contributed by atoms with E-state index in [1.165, 1.54) is 18.6 Å². The molecule has 1 aromatic rings. The molecule has 1 fully saturated rings. The Balaban J connectivity index is 1.85. The molecule has 0 aliphatic heterocycles. The zero-order valence-corrected chi connectivity index (χ0v) is 19.7. The van der Waals surface area contributed by atoms with Gasteiger partial charge >= 0.3 is 11.9 Å². The summed E-state index contributed by atoms with van der Waals surface area (Å²) in [6, 6.07) is 4.63. The van der Waals surface area contributed by atoms with Crippen LogP contribution in [0.5, 0.6) is 11.5 Å². The second-order valence-corrected chi connectivity index (χ2v) is 9.09. The molecule has 2 rings (SSSR count). The summed E-state index contributed by atoms with van der Waals surface area (Å²) in [6.07, 6.45) is 9.94. The average Bonchev–Trinajstić information content (AvgIpc) is 2.73. The lowest BCUT2D eigenvalue weighted by Crippen LogP contribution is -2.33. The number of carbonyl (C=O) groups is 2. The predicted molar refractivity (Wildman–Crippen MR) is 123 cm³/mol. The zero-order valence-electron chi connectivity index (χ0n) is 19.7. The summed E-state index contributed by atoms with van der Waals surface area (Å²) in [5, 5.41) is 19.2. The average molecular weight is 449 g/mol. The molecule has 2 unspecified atom stereocenters. The van der Waals surface area contributed by atoms with E-state index in [4.69, 9.17) is 9.47 Å². The molecule has 180 valence electrons. The Labute approximate surface area is 192 Å². The fraction of sp³-hybridized carbons (Fsp3) is 0.692. The number of hydrogen-bond acceptors (Lipinski definition) is 6. The lowest BCUT2D eigenvalue weighted by Gasteiger charge is -2.33. The van der Waals surface area contributed by atoms with Gasteiger partial charge in [-0.05, 0) is 55.7 Å². The van der Waals surface area contributed by atoms with Gasteiger partial charge in [0, 0.05) is 12.3 Å². The molecule has 0 radical (unpaired) electrons. The van der Waals surface area contributed by atoms with Gasteiger partial charge in [-0.2, -0.15) is 0 Å². The van der Waals surface area contributed by atoms with Gasteiger partial charge in [0.15, 0.2) is 11.5 Å². The van der Waals surface area contributed by atoms with Crippen LogP contribution in [0.25, 0.3) is 0 Å². The van der Waals surface area contributed by atoms with Crippen molar-refractivity contribution in [2.45, 2.75) is 84.5 Å². The van der Waals surface area contributed by atoms with Crippen molar-refractivity contribution in [2.24, 2.45) is 17.8 Å². The van der Waals surface area contributed by atoms with Crippen LogP contribution in [0, 0.1) is 17.8 Å². The number of ether oxygens (including phenoxy) is 2. The van der Waals surface area contributed by atoms with Crippen LogP contribution in [-0.4, -0.2) is 35.4 Å². The first-order valence-electron chi connectivity index (χ1n) is 12.3. The first-order chi connectivity index (χ1) is 15.4. The van der Waals surface area contributed by atoms with Crippen LogP contribution in [0.4, 0.5) is 0 Å². The van der Waals surface area contributed by atoms with Gasteiger partial charge in [-0.25, -0.2) is 0 Å². The van der Waals surface area contributed by atoms with E-state index < -0.39 is 0 Å². The molecule has 1 aliphatic carbocycles. The third-order valence-electron chi connectivity index (χ3n) is 6.44. The van der Waals surface area contributed by atoms with Crippen LogP contribution in [0.1, 0.15) is 83.6 Å². The number of phenols is 2. The van der Waals surface area contributed by atoms with Gasteiger partial charge in [0.05, 0.1) is 19.1 Å². The van der Waals surface area contributed by atoms with Gasteiger partial charge in [0.25, 0.3) is 0 Å². The fourth-order valence-corrected chi connectivity index (χ4v) is 4.14. The molecule has 1 saturated carbocycles. The molecule has 6 heteroatoms. The Hall–Kier alpha value is -2.24. The molecule has 0 saturated heterocycles. The summed E-state index contributed by atoms with van der Waals surface area (Å²) in [6.45, 7) is 4.75. The second kappa shape index (κ2) is 14.0. The van der Waals surface area contributed by atoms with E-state index >= 15 is 0 Å². The Morgan fingerprint density at radius 2 is 1.75 bits per heavy atom. The standard InChI is InChI=1S/C26H40O6/c1-3-5-6-7-12-25(29)31-17-22(20-10-8-11-20)18-32-26(30)21(9-4-2)15-19-13-14-23(27)24(28)16-19/h13-14,16,20-22,27-28H,3-12,15,17-18H2,1-2H3. The summed E-state index contributed by atoms with van der Waals surface area (Å²) < 4.78 is 11.2. The van der Waals surface area contributed by atoms with Gasteiger partial charge in [0.1, 0.15) is 0 Å². The SMILES string of the molecule is CCCCCCC(=O)OCC(COC(=O)C(CCC)Cc1ccc(O)c(O)c1)C1CCC1. The Kier molecular flexibility index (Phi) is 11.4. The molecule has 32 heavy (non-hydrogen) atoms. The summed E-state index contributed by atoms with van der Waals surface area (Å²) in [7, 11) is 0. The quantitative estimate of drug-likeness (QED) is 0.208. The third kappa shape index (κ3) is 8.71. The number of unbranched alkanes of at least 4 members (excludes halogenated alkanes) is 3. The predicted octanol–water partition coefficient (Wildman–Crippen LogP) is 5.53. The minimum atomic E-state index is -0.313. The van der Waals surface area contributed by atoms with E-state index in [0.29, 0.717) is 31.8 Å². The smallest absolute Gasteiger partial charge is 0.309 e. The number of carbonyl (C=O) groups excluding carboxylic acids is 2. The molecule has 0 spiro atoms. The second-order valence-electron chi connectivity index (χ2n) is 9.09. The highest BCUT2D eigenvalue weighted by atomic mass is 16.5. The van der Waals surface area contributed by atoms with Crippen molar-refractivity contribution in [2.75, 3.05) is 13.2 Å². The summed E-state index contributed by atoms with van der Waals surface area (Å²) in [5.41, 5.74) is 0.781. The minimum absolute atomic E-state index is 0.0484. The van der Waals surface area contributed by atoms with E-state index in [1.807, 2.05) is 6.92 Å². The van der Waals surface area contributed by atoms with E-state index in [1.54, 1.807) is 6.07 Å². The first kappa shape index (κ1) is 26.0. The highest BCUT2D eigenvalue weighted by molar-refractivity contribution is 5.73. The number of hydrogen-bond donors (Lipinski definition) is 2. The molecular weight excluding hydrogens is 408 g/mol. The molecular formula is C26H40O6. The maximum atomic E-state index is 12.8. The van der Waals surface area contributed by atoms with Crippen molar-refractivity contribution in [3.8, 4) is 11.5 Å². The van der Waals surface area contributed by atoms with Crippen molar-refractivity contribution < 1.29 is 29.3 Å². The maximum absolute atomic E-state index is 12.8. The van der Waals surface area contributed by atoms with Gasteiger partial charge in [-0.3, -0.25) is 9.59 Å². The van der Waals surface area contributed by atoms with Gasteiger partial charge in [-0.15, -0.1) is 0 Å². The number of phenolic OH excluding ortho intramolecular Hbond substituents is 2. The third-order valence-corrected chi connectivity index (χ3v) is 6.44. The number of rotatable bonds is 15. The molecule has 1 aliphatic rings. The van der Waals surface area contributed by atoms with E-state index in [9.17, 15) is 19.8 Å². The van der Waals surface area contributed by atoms with Crippen LogP contribution in [0.15, 0.2) is 18.2 Å². The Bertz CT molecular complexity index is 712. The van der Waals surface area contributed by atoms with Gasteiger partial charge < -0.3 is 19.7 Å². The van der Waals surface area contributed by atoms with Crippen molar-refractivity contribution >= 4 is 11.9 Å². The molecule has 0 bridgehead atoms. The summed E-state index contributed by atoms with van der Waals surface area (Å²) >= 11 is 0. The van der Waals surface area contributed by atoms with Crippen LogP contribution in [0.2, 0.25) is 0 Å². The molecule has 0 amide bonds. The van der Waals surface area contributed by atoms with Crippen molar-refractivity contribution in [1.29, 1.82) is 0 Å². The summed E-state index contributed by atoms with van der Waals surface area (Å²) in [5.74, 6) is -0.601. The van der Waals surface area contributed by atoms with Crippen molar-refractivity contribution in [3.05, 3.63) is 23.8 Å². The molecule has 0 heterocycles. The van der Waals surface area contributed by atoms with Crippen LogP contribution in [-0.2, 0) is 25.5 Å². The normalized spacial score (nSPS) is 15.6. The molecule has 0 aromatic heterocycles. The maximum Gasteiger partial charge on any atom is 0.309 e. The Morgan fingerprint density at radius 3 is 2.38 bits per heavy atom. The van der Waals surface area contributed by atoms with Crippen molar-refractivity contribution in [3.63, 3.8) is 0 Å². The topological polar surface area (TPSA) is 93.1 Å². The monoisotopic (exact) mass is 448 g/mol. The first-order valence-corrected chi connectivity index (χ1v) is 12.3. The number of esters is 2. The lowest BCUT2D eigenvalue weighted by atomic mass is 9.76. The van der Waals surface area contributed by atoms with Crippen molar-refractivity contribution in [1.82, 2.24) is 0 Å². The minimum Gasteiger partial charge on any atom is -0.504 e. The fourth-order valence-electron chi connectivity index (χ4n) is 4.14. The van der Waals surface area contributed by atoms with Crippen LogP contribution in [0.3, 0.4) is 0 Å². The molecule has 2 atom stereocenters. The van der Waals surface area contributed by atoms with E-state index in [0.717, 1.165) is 50.5 Å². The van der Waals surface area contributed by atoms with Gasteiger partial charge in [0.2, 0.25) is 0 Å². The van der Waals surface area contributed by atoms with E-state index in [2.05, 4.69) is 6.92 Å². The molecule has 1 aromatic carbocycles. The Morgan fingerprint density at radius 1 is 1.00 bits per heavy atom. The van der Waals surface area contributed by atoms with E-state index in [-0.39, 0.29) is 41.9 Å². The molecule has 2 N–H and O–H groups in total. The zero-order chi connectivity index (χ0) is 23.3. The van der Waals surface area contributed by atoms with Gasteiger partial charge in [-0.1, -0.05) is 52.0 Å². The number of aromatic hydroxyl groups is 2. The highest BCUT2D eigenvalue weighted by Crippen LogP contribution is 2.34. The lowest BCUT2D eigenvalue weighted by molar-refractivity contribution is -0.154. The largest absolute Gasteiger partial charge is 0.504 e. The molecule has 6 nitrogen and oxygen atoms in total. The summed E-state index contributed by atoms with van der Waals surface area (Å²) in [4.78, 5) is 24.9. The van der Waals surface area contributed by atoms with Crippen LogP contribution >= 0.6 is 0 Å². The number of benzene rings is 1. The van der Waals surface area contributed by atoms with Crippen LogP contribution < -0.4 is 0 Å². The highest BCUT2D eigenvalue weighted by Gasteiger charge is 2.30.